The number of nitrogens with one attached hydrogen (secondary N) is 3. The summed E-state index contributed by atoms with van der Waals surface area (Å²) in [6.45, 7) is 1.72. The summed E-state index contributed by atoms with van der Waals surface area (Å²) in [4.78, 5) is 25.3. The maximum absolute atomic E-state index is 11.8. The maximum atomic E-state index is 11.8. The van der Waals surface area contributed by atoms with Crippen molar-refractivity contribution >= 4 is 39.1 Å². The summed E-state index contributed by atoms with van der Waals surface area (Å²) >= 11 is 3.54. The van der Waals surface area contributed by atoms with E-state index in [-0.39, 0.29) is 17.9 Å². The summed E-state index contributed by atoms with van der Waals surface area (Å²) in [5.74, 6) is -0.0382. The summed E-state index contributed by atoms with van der Waals surface area (Å²) in [6, 6.07) is 3.55. The van der Waals surface area contributed by atoms with Gasteiger partial charge in [0.25, 0.3) is 0 Å². The SMILES string of the molecule is CNC1C(=O)Nc2cc(N3CCNC(=O)C3)c(Br)cc21. The van der Waals surface area contributed by atoms with Crippen LogP contribution in [-0.4, -0.2) is 38.5 Å². The molecule has 2 aliphatic heterocycles. The smallest absolute Gasteiger partial charge is 0.246 e. The number of halogens is 1. The Morgan fingerprint density at radius 2 is 2.20 bits per heavy atom. The lowest BCUT2D eigenvalue weighted by molar-refractivity contribution is -0.120. The molecule has 2 heterocycles. The van der Waals surface area contributed by atoms with Crippen LogP contribution in [0.4, 0.5) is 11.4 Å². The number of anilines is 2. The molecule has 2 aliphatic rings. The van der Waals surface area contributed by atoms with E-state index in [1.165, 1.54) is 0 Å². The Hall–Kier alpha value is -1.60. The zero-order valence-corrected chi connectivity index (χ0v) is 12.6. The van der Waals surface area contributed by atoms with E-state index in [1.807, 2.05) is 17.0 Å². The van der Waals surface area contributed by atoms with Gasteiger partial charge in [-0.15, -0.1) is 0 Å². The molecule has 7 heteroatoms. The number of piperazine rings is 1. The Bertz CT molecular complexity index is 590. The molecule has 2 amide bonds. The zero-order valence-electron chi connectivity index (χ0n) is 11.0. The predicted molar refractivity (Wildman–Crippen MR) is 79.8 cm³/mol. The zero-order chi connectivity index (χ0) is 14.3. The van der Waals surface area contributed by atoms with Gasteiger partial charge in [-0.2, -0.15) is 0 Å². The van der Waals surface area contributed by atoms with Gasteiger partial charge in [0.05, 0.1) is 12.2 Å². The highest BCUT2D eigenvalue weighted by Crippen LogP contribution is 2.39. The molecule has 6 nitrogen and oxygen atoms in total. The van der Waals surface area contributed by atoms with E-state index in [9.17, 15) is 9.59 Å². The second-order valence-corrected chi connectivity index (χ2v) is 5.73. The second kappa shape index (κ2) is 5.06. The fourth-order valence-electron chi connectivity index (χ4n) is 2.64. The lowest BCUT2D eigenvalue weighted by Crippen LogP contribution is -2.47. The quantitative estimate of drug-likeness (QED) is 0.738. The van der Waals surface area contributed by atoms with Crippen LogP contribution in [0.3, 0.4) is 0 Å². The molecule has 0 aliphatic carbocycles. The van der Waals surface area contributed by atoms with Gasteiger partial charge in [-0.1, -0.05) is 0 Å². The highest BCUT2D eigenvalue weighted by atomic mass is 79.9. The maximum Gasteiger partial charge on any atom is 0.246 e. The summed E-state index contributed by atoms with van der Waals surface area (Å²) in [6.07, 6.45) is 0. The molecule has 0 aromatic heterocycles. The molecule has 1 saturated heterocycles. The Morgan fingerprint density at radius 1 is 1.40 bits per heavy atom. The van der Waals surface area contributed by atoms with Crippen molar-refractivity contribution < 1.29 is 9.59 Å². The lowest BCUT2D eigenvalue weighted by Gasteiger charge is -2.29. The largest absolute Gasteiger partial charge is 0.359 e. The average Bonchev–Trinajstić information content (AvgIpc) is 2.72. The first-order valence-electron chi connectivity index (χ1n) is 6.43. The van der Waals surface area contributed by atoms with Crippen LogP contribution in [0.1, 0.15) is 11.6 Å². The van der Waals surface area contributed by atoms with Gasteiger partial charge < -0.3 is 20.9 Å². The van der Waals surface area contributed by atoms with E-state index < -0.39 is 0 Å². The number of likely N-dealkylation sites (N-methyl/N-ethyl adjacent to an activating group) is 1. The van der Waals surface area contributed by atoms with E-state index in [4.69, 9.17) is 0 Å². The van der Waals surface area contributed by atoms with Gasteiger partial charge in [0.2, 0.25) is 11.8 Å². The molecule has 3 N–H and O–H groups in total. The van der Waals surface area contributed by atoms with Crippen LogP contribution in [0.2, 0.25) is 0 Å². The van der Waals surface area contributed by atoms with Gasteiger partial charge in [-0.05, 0) is 35.1 Å². The lowest BCUT2D eigenvalue weighted by atomic mass is 10.1. The van der Waals surface area contributed by atoms with Crippen LogP contribution in [0, 0.1) is 0 Å². The number of benzene rings is 1. The highest BCUT2D eigenvalue weighted by molar-refractivity contribution is 9.10. The Labute approximate surface area is 125 Å². The fraction of sp³-hybridized carbons (Fsp3) is 0.385. The Morgan fingerprint density at radius 3 is 2.90 bits per heavy atom. The Kier molecular flexibility index (Phi) is 3.39. The van der Waals surface area contributed by atoms with Crippen LogP contribution < -0.4 is 20.9 Å². The molecular weight excluding hydrogens is 324 g/mol. The monoisotopic (exact) mass is 338 g/mol. The van der Waals surface area contributed by atoms with Crippen molar-refractivity contribution in [1.29, 1.82) is 0 Å². The number of hydrogen-bond donors (Lipinski definition) is 3. The number of nitrogens with zero attached hydrogens (tertiary/aromatic N) is 1. The van der Waals surface area contributed by atoms with Crippen LogP contribution in [-0.2, 0) is 9.59 Å². The van der Waals surface area contributed by atoms with E-state index >= 15 is 0 Å². The van der Waals surface area contributed by atoms with E-state index in [2.05, 4.69) is 31.9 Å². The summed E-state index contributed by atoms with van der Waals surface area (Å²) < 4.78 is 0.891. The topological polar surface area (TPSA) is 73.5 Å². The third-order valence-electron chi connectivity index (χ3n) is 3.62. The number of carbonyl (C=O) groups excluding carboxylic acids is 2. The van der Waals surface area contributed by atoms with Crippen molar-refractivity contribution in [2.75, 3.05) is 36.9 Å². The van der Waals surface area contributed by atoms with Gasteiger partial charge >= 0.3 is 0 Å². The van der Waals surface area contributed by atoms with Gasteiger partial charge in [0, 0.05) is 28.8 Å². The van der Waals surface area contributed by atoms with Gasteiger partial charge in [0.15, 0.2) is 0 Å². The molecule has 1 unspecified atom stereocenters. The predicted octanol–water partition coefficient (Wildman–Crippen LogP) is 0.598. The minimum Gasteiger partial charge on any atom is -0.359 e. The Balaban J connectivity index is 1.97. The van der Waals surface area contributed by atoms with Crippen molar-refractivity contribution in [3.8, 4) is 0 Å². The van der Waals surface area contributed by atoms with Gasteiger partial charge in [0.1, 0.15) is 6.04 Å². The number of fused-ring (bicyclic) bond motifs is 1. The minimum absolute atomic E-state index is 0.0146. The summed E-state index contributed by atoms with van der Waals surface area (Å²) in [5, 5.41) is 8.66. The van der Waals surface area contributed by atoms with Crippen molar-refractivity contribution in [2.24, 2.45) is 0 Å². The molecule has 3 rings (SSSR count). The standard InChI is InChI=1S/C13H15BrN4O2/c1-15-12-7-4-8(14)10(5-9(7)17-13(12)20)18-3-2-16-11(19)6-18/h4-5,12,15H,2-3,6H2,1H3,(H,16,19)(H,17,20). The van der Waals surface area contributed by atoms with E-state index in [0.29, 0.717) is 13.1 Å². The highest BCUT2D eigenvalue weighted by Gasteiger charge is 2.31. The van der Waals surface area contributed by atoms with Crippen LogP contribution in [0.15, 0.2) is 16.6 Å². The first-order valence-corrected chi connectivity index (χ1v) is 7.22. The van der Waals surface area contributed by atoms with Crippen molar-refractivity contribution in [1.82, 2.24) is 10.6 Å². The molecule has 20 heavy (non-hydrogen) atoms. The van der Waals surface area contributed by atoms with Crippen molar-refractivity contribution in [3.05, 3.63) is 22.2 Å². The third-order valence-corrected chi connectivity index (χ3v) is 4.25. The van der Waals surface area contributed by atoms with Crippen LogP contribution >= 0.6 is 15.9 Å². The summed E-state index contributed by atoms with van der Waals surface area (Å²) in [7, 11) is 1.76. The summed E-state index contributed by atoms with van der Waals surface area (Å²) in [5.41, 5.74) is 2.66. The molecular formula is C13H15BrN4O2. The molecule has 1 fully saturated rings. The first-order chi connectivity index (χ1) is 9.60. The van der Waals surface area contributed by atoms with Crippen molar-refractivity contribution in [3.63, 3.8) is 0 Å². The van der Waals surface area contributed by atoms with Crippen LogP contribution in [0.5, 0.6) is 0 Å². The average molecular weight is 339 g/mol. The van der Waals surface area contributed by atoms with E-state index in [0.717, 1.165) is 28.0 Å². The molecule has 106 valence electrons. The molecule has 0 saturated carbocycles. The molecule has 1 aromatic carbocycles. The first kappa shape index (κ1) is 13.4. The number of hydrogen-bond acceptors (Lipinski definition) is 4. The molecule has 0 spiro atoms. The third kappa shape index (κ3) is 2.16. The van der Waals surface area contributed by atoms with Crippen molar-refractivity contribution in [2.45, 2.75) is 6.04 Å². The number of rotatable bonds is 2. The molecule has 0 bridgehead atoms. The fourth-order valence-corrected chi connectivity index (χ4v) is 3.26. The molecule has 1 aromatic rings. The normalized spacial score (nSPS) is 21.5. The second-order valence-electron chi connectivity index (χ2n) is 4.87. The number of carbonyl (C=O) groups is 2. The minimum atomic E-state index is -0.319. The van der Waals surface area contributed by atoms with Gasteiger partial charge in [-0.3, -0.25) is 9.59 Å². The molecule has 0 radical (unpaired) electrons. The number of amides is 2. The van der Waals surface area contributed by atoms with E-state index in [1.54, 1.807) is 7.05 Å². The molecule has 1 atom stereocenters. The van der Waals surface area contributed by atoms with Crippen LogP contribution in [0.25, 0.3) is 0 Å². The van der Waals surface area contributed by atoms with Gasteiger partial charge in [-0.25, -0.2) is 0 Å².